The molecule has 9 heteroatoms. The molecule has 2 aromatic carbocycles. The Hall–Kier alpha value is -2.94. The highest BCUT2D eigenvalue weighted by molar-refractivity contribution is 7.92. The van der Waals surface area contributed by atoms with Crippen molar-refractivity contribution in [2.24, 2.45) is 0 Å². The van der Waals surface area contributed by atoms with Crippen LogP contribution in [0, 0.1) is 5.82 Å². The summed E-state index contributed by atoms with van der Waals surface area (Å²) < 4.78 is 39.4. The number of nitrogens with zero attached hydrogens (tertiary/aromatic N) is 2. The first kappa shape index (κ1) is 28.3. The molecule has 0 radical (unpaired) electrons. The highest BCUT2D eigenvalue weighted by atomic mass is 32.2. The van der Waals surface area contributed by atoms with Gasteiger partial charge < -0.3 is 10.2 Å². The van der Waals surface area contributed by atoms with Crippen LogP contribution in [0.1, 0.15) is 51.7 Å². The summed E-state index contributed by atoms with van der Waals surface area (Å²) >= 11 is 0. The Kier molecular flexibility index (Phi) is 10.2. The Labute approximate surface area is 208 Å². The number of rotatable bonds is 12. The number of carbonyl (C=O) groups is 2. The van der Waals surface area contributed by atoms with Crippen molar-refractivity contribution in [3.8, 4) is 0 Å². The molecule has 2 amide bonds. The summed E-state index contributed by atoms with van der Waals surface area (Å²) in [6.45, 7) is 7.62. The van der Waals surface area contributed by atoms with E-state index < -0.39 is 16.1 Å². The number of carbonyl (C=O) groups excluding carboxylic acids is 2. The molecule has 0 spiro atoms. The number of anilines is 1. The van der Waals surface area contributed by atoms with E-state index in [1.807, 2.05) is 32.9 Å². The molecule has 2 aromatic rings. The quantitative estimate of drug-likeness (QED) is 0.474. The van der Waals surface area contributed by atoms with Crippen LogP contribution in [0.2, 0.25) is 0 Å². The lowest BCUT2D eigenvalue weighted by molar-refractivity contribution is -0.140. The van der Waals surface area contributed by atoms with Gasteiger partial charge in [0, 0.05) is 25.6 Å². The van der Waals surface area contributed by atoms with Crippen molar-refractivity contribution in [3.63, 3.8) is 0 Å². The van der Waals surface area contributed by atoms with Gasteiger partial charge in [-0.3, -0.25) is 13.9 Å². The van der Waals surface area contributed by atoms with E-state index in [1.54, 1.807) is 31.2 Å². The van der Waals surface area contributed by atoms with Crippen LogP contribution in [0.3, 0.4) is 0 Å². The molecule has 2 rings (SSSR count). The van der Waals surface area contributed by atoms with Crippen LogP contribution >= 0.6 is 0 Å². The molecule has 0 aliphatic heterocycles. The molecule has 0 saturated carbocycles. The summed E-state index contributed by atoms with van der Waals surface area (Å²) in [7, 11) is -3.54. The first-order valence-electron chi connectivity index (χ1n) is 11.8. The molecule has 1 N–H and O–H groups in total. The summed E-state index contributed by atoms with van der Waals surface area (Å²) in [5.41, 5.74) is 2.34. The number of amides is 2. The summed E-state index contributed by atoms with van der Waals surface area (Å²) in [6, 6.07) is 12.2. The number of halogens is 1. The molecule has 0 bridgehead atoms. The standard InChI is InChI=1S/C26H36FN3O4S/c1-6-21-11-15-24(16-12-21)30(35(5,33)34)17-7-8-25(31)29(20(4)26(32)28-19(2)3)18-22-9-13-23(27)14-10-22/h9-16,19-20H,6-8,17-18H2,1-5H3,(H,28,32)/t20-/m0/s1. The van der Waals surface area contributed by atoms with Gasteiger partial charge in [-0.25, -0.2) is 12.8 Å². The molecule has 0 fully saturated rings. The number of benzene rings is 2. The van der Waals surface area contributed by atoms with Gasteiger partial charge >= 0.3 is 0 Å². The lowest BCUT2D eigenvalue weighted by Gasteiger charge is -2.30. The third-order valence-corrected chi connectivity index (χ3v) is 6.84. The highest BCUT2D eigenvalue weighted by Crippen LogP contribution is 2.20. The van der Waals surface area contributed by atoms with E-state index in [2.05, 4.69) is 5.32 Å². The number of aryl methyl sites for hydroxylation is 1. The van der Waals surface area contributed by atoms with Gasteiger partial charge in [-0.15, -0.1) is 0 Å². The van der Waals surface area contributed by atoms with Crippen molar-refractivity contribution in [3.05, 3.63) is 65.5 Å². The summed E-state index contributed by atoms with van der Waals surface area (Å²) in [5, 5.41) is 2.82. The average molecular weight is 506 g/mol. The van der Waals surface area contributed by atoms with Crippen molar-refractivity contribution >= 4 is 27.5 Å². The van der Waals surface area contributed by atoms with Gasteiger partial charge in [0.05, 0.1) is 11.9 Å². The maximum absolute atomic E-state index is 13.3. The molecule has 0 aliphatic rings. The second-order valence-electron chi connectivity index (χ2n) is 8.95. The van der Waals surface area contributed by atoms with Gasteiger partial charge in [0.2, 0.25) is 21.8 Å². The Balaban J connectivity index is 2.15. The van der Waals surface area contributed by atoms with E-state index in [-0.39, 0.29) is 49.6 Å². The van der Waals surface area contributed by atoms with E-state index >= 15 is 0 Å². The second kappa shape index (κ2) is 12.7. The zero-order valence-corrected chi connectivity index (χ0v) is 21.9. The van der Waals surface area contributed by atoms with E-state index in [0.717, 1.165) is 18.2 Å². The zero-order chi connectivity index (χ0) is 26.2. The minimum atomic E-state index is -3.54. The lowest BCUT2D eigenvalue weighted by Crippen LogP contribution is -2.49. The fraction of sp³-hybridized carbons (Fsp3) is 0.462. The van der Waals surface area contributed by atoms with Crippen LogP contribution in [0.15, 0.2) is 48.5 Å². The monoisotopic (exact) mass is 505 g/mol. The zero-order valence-electron chi connectivity index (χ0n) is 21.1. The molecule has 192 valence electrons. The van der Waals surface area contributed by atoms with E-state index in [9.17, 15) is 22.4 Å². The fourth-order valence-electron chi connectivity index (χ4n) is 3.68. The van der Waals surface area contributed by atoms with Gasteiger partial charge in [0.15, 0.2) is 0 Å². The molecular weight excluding hydrogens is 469 g/mol. The number of hydrogen-bond acceptors (Lipinski definition) is 4. The van der Waals surface area contributed by atoms with Crippen LogP contribution in [-0.4, -0.2) is 50.0 Å². The Bertz CT molecular complexity index is 1090. The molecule has 0 aromatic heterocycles. The predicted octanol–water partition coefficient (Wildman–Crippen LogP) is 3.88. The van der Waals surface area contributed by atoms with Gasteiger partial charge in [-0.05, 0) is 69.0 Å². The van der Waals surface area contributed by atoms with Crippen LogP contribution < -0.4 is 9.62 Å². The van der Waals surface area contributed by atoms with Crippen molar-refractivity contribution in [2.45, 2.75) is 65.6 Å². The smallest absolute Gasteiger partial charge is 0.242 e. The fourth-order valence-corrected chi connectivity index (χ4v) is 4.64. The van der Waals surface area contributed by atoms with Crippen molar-refractivity contribution in [2.75, 3.05) is 17.1 Å². The topological polar surface area (TPSA) is 86.8 Å². The van der Waals surface area contributed by atoms with Gasteiger partial charge in [0.1, 0.15) is 11.9 Å². The van der Waals surface area contributed by atoms with Crippen molar-refractivity contribution < 1.29 is 22.4 Å². The molecule has 0 aliphatic carbocycles. The van der Waals surface area contributed by atoms with Crippen LogP contribution in [0.5, 0.6) is 0 Å². The van der Waals surface area contributed by atoms with E-state index in [4.69, 9.17) is 0 Å². The second-order valence-corrected chi connectivity index (χ2v) is 10.9. The number of sulfonamides is 1. The van der Waals surface area contributed by atoms with Crippen LogP contribution in [0.4, 0.5) is 10.1 Å². The maximum Gasteiger partial charge on any atom is 0.242 e. The van der Waals surface area contributed by atoms with Crippen molar-refractivity contribution in [1.82, 2.24) is 10.2 Å². The summed E-state index contributed by atoms with van der Waals surface area (Å²) in [6.07, 6.45) is 2.32. The van der Waals surface area contributed by atoms with Gasteiger partial charge in [-0.1, -0.05) is 31.2 Å². The first-order valence-corrected chi connectivity index (χ1v) is 13.7. The minimum absolute atomic E-state index is 0.0551. The molecule has 0 heterocycles. The van der Waals surface area contributed by atoms with Gasteiger partial charge in [0.25, 0.3) is 0 Å². The Morgan fingerprint density at radius 3 is 2.06 bits per heavy atom. The summed E-state index contributed by atoms with van der Waals surface area (Å²) in [5.74, 6) is -0.954. The molecule has 1 atom stereocenters. The summed E-state index contributed by atoms with van der Waals surface area (Å²) in [4.78, 5) is 27.3. The third-order valence-electron chi connectivity index (χ3n) is 5.65. The molecule has 35 heavy (non-hydrogen) atoms. The average Bonchev–Trinajstić information content (AvgIpc) is 2.79. The largest absolute Gasteiger partial charge is 0.352 e. The molecular formula is C26H36FN3O4S. The number of hydrogen-bond donors (Lipinski definition) is 1. The lowest BCUT2D eigenvalue weighted by atomic mass is 10.1. The SMILES string of the molecule is CCc1ccc(N(CCCC(=O)N(Cc2ccc(F)cc2)[C@@H](C)C(=O)NC(C)C)S(C)(=O)=O)cc1. The Morgan fingerprint density at radius 2 is 1.54 bits per heavy atom. The number of nitrogens with one attached hydrogen (secondary N) is 1. The van der Waals surface area contributed by atoms with Gasteiger partial charge in [-0.2, -0.15) is 0 Å². The van der Waals surface area contributed by atoms with Crippen molar-refractivity contribution in [1.29, 1.82) is 0 Å². The maximum atomic E-state index is 13.3. The highest BCUT2D eigenvalue weighted by Gasteiger charge is 2.27. The molecule has 0 saturated heterocycles. The minimum Gasteiger partial charge on any atom is -0.352 e. The van der Waals surface area contributed by atoms with Crippen LogP contribution in [0.25, 0.3) is 0 Å². The molecule has 0 unspecified atom stereocenters. The normalized spacial score (nSPS) is 12.3. The molecule has 7 nitrogen and oxygen atoms in total. The third kappa shape index (κ3) is 8.65. The van der Waals surface area contributed by atoms with E-state index in [1.165, 1.54) is 21.3 Å². The van der Waals surface area contributed by atoms with E-state index in [0.29, 0.717) is 11.3 Å². The van der Waals surface area contributed by atoms with Crippen LogP contribution in [-0.2, 0) is 32.6 Å². The Morgan fingerprint density at radius 1 is 0.971 bits per heavy atom. The predicted molar refractivity (Wildman–Crippen MR) is 137 cm³/mol. The first-order chi connectivity index (χ1) is 16.4.